The van der Waals surface area contributed by atoms with Gasteiger partial charge in [-0.25, -0.2) is 26.9 Å². The van der Waals surface area contributed by atoms with E-state index in [1.54, 1.807) is 39.6 Å². The number of nitrogens with one attached hydrogen (secondary N) is 2. The summed E-state index contributed by atoms with van der Waals surface area (Å²) in [6.07, 6.45) is -0.813. The van der Waals surface area contributed by atoms with Crippen molar-refractivity contribution in [2.24, 2.45) is 0 Å². The molecule has 0 fully saturated rings. The zero-order chi connectivity index (χ0) is 31.2. The fourth-order valence-corrected chi connectivity index (χ4v) is 5.98. The quantitative estimate of drug-likeness (QED) is 0.263. The second kappa shape index (κ2) is 11.3. The Kier molecular flexibility index (Phi) is 8.00. The van der Waals surface area contributed by atoms with Crippen molar-refractivity contribution in [3.63, 3.8) is 0 Å². The fraction of sp³-hybridized carbons (Fsp3) is 0.258. The Labute approximate surface area is 251 Å². The number of halogens is 2. The molecule has 1 amide bonds. The van der Waals surface area contributed by atoms with Crippen molar-refractivity contribution in [3.8, 4) is 17.1 Å². The van der Waals surface area contributed by atoms with E-state index in [-0.39, 0.29) is 28.8 Å². The molecule has 1 aliphatic rings. The van der Waals surface area contributed by atoms with Gasteiger partial charge in [0.25, 0.3) is 21.6 Å². The van der Waals surface area contributed by atoms with Gasteiger partial charge in [0.15, 0.2) is 0 Å². The largest absolute Gasteiger partial charge is 0.467 e. The zero-order valence-electron chi connectivity index (χ0n) is 24.0. The van der Waals surface area contributed by atoms with Gasteiger partial charge in [-0.1, -0.05) is 57.8 Å². The van der Waals surface area contributed by atoms with Crippen molar-refractivity contribution < 1.29 is 26.7 Å². The summed E-state index contributed by atoms with van der Waals surface area (Å²) in [7, 11) is -2.57. The van der Waals surface area contributed by atoms with Crippen LogP contribution in [-0.4, -0.2) is 36.5 Å². The summed E-state index contributed by atoms with van der Waals surface area (Å²) >= 11 is 0. The topological polar surface area (TPSA) is 110 Å². The fourth-order valence-electron chi connectivity index (χ4n) is 4.83. The summed E-state index contributed by atoms with van der Waals surface area (Å²) < 4.78 is 64.0. The first-order valence-corrected chi connectivity index (χ1v) is 15.5. The Morgan fingerprint density at radius 2 is 1.60 bits per heavy atom. The minimum absolute atomic E-state index is 0.0240. The van der Waals surface area contributed by atoms with Crippen LogP contribution in [0.5, 0.6) is 5.88 Å². The monoisotopic (exact) mass is 624 g/mol. The lowest BCUT2D eigenvalue weighted by molar-refractivity contribution is 0.0285. The highest BCUT2D eigenvalue weighted by molar-refractivity contribution is 7.92. The van der Waals surface area contributed by atoms with E-state index in [1.165, 1.54) is 38.1 Å². The first kappa shape index (κ1) is 30.5. The van der Waals surface area contributed by atoms with Crippen molar-refractivity contribution in [1.29, 1.82) is 0 Å². The number of amides is 1. The summed E-state index contributed by atoms with van der Waals surface area (Å²) in [6.45, 7) is 6.73. The van der Waals surface area contributed by atoms with Crippen LogP contribution >= 0.6 is 9.24 Å². The van der Waals surface area contributed by atoms with Crippen LogP contribution in [0.4, 0.5) is 14.7 Å². The first-order chi connectivity index (χ1) is 20.2. The summed E-state index contributed by atoms with van der Waals surface area (Å²) in [5, 5.41) is 2.80. The SMILES string of the molecule is Cc1cccc(C)c1-c1cc2nc(n1)NS(=O)(=O)c1cccc(c1)C(=O)NCC(c1ccc(C(C)(C)C(F)(F)P)cc1)O2. The molecule has 0 saturated heterocycles. The molecule has 2 atom stereocenters. The molecule has 224 valence electrons. The number of aromatic nitrogens is 2. The minimum Gasteiger partial charge on any atom is -0.467 e. The van der Waals surface area contributed by atoms with Gasteiger partial charge >= 0.3 is 0 Å². The summed E-state index contributed by atoms with van der Waals surface area (Å²) in [5.41, 5.74) is -0.324. The van der Waals surface area contributed by atoms with E-state index in [4.69, 9.17) is 4.74 Å². The van der Waals surface area contributed by atoms with Gasteiger partial charge in [-0.15, -0.1) is 0 Å². The number of alkyl halides is 2. The van der Waals surface area contributed by atoms with Crippen LogP contribution in [0.3, 0.4) is 0 Å². The van der Waals surface area contributed by atoms with E-state index in [0.717, 1.165) is 16.7 Å². The highest BCUT2D eigenvalue weighted by atomic mass is 32.2. The third-order valence-electron chi connectivity index (χ3n) is 7.62. The van der Waals surface area contributed by atoms with Gasteiger partial charge in [-0.05, 0) is 68.1 Å². The number of aryl methyl sites for hydroxylation is 2. The highest BCUT2D eigenvalue weighted by Crippen LogP contribution is 2.44. The third kappa shape index (κ3) is 6.24. The van der Waals surface area contributed by atoms with E-state index in [1.807, 2.05) is 32.0 Å². The Bertz CT molecular complexity index is 1790. The Morgan fingerprint density at radius 1 is 0.953 bits per heavy atom. The third-order valence-corrected chi connectivity index (χ3v) is 9.67. The van der Waals surface area contributed by atoms with Crippen LogP contribution in [0, 0.1) is 13.8 Å². The molecule has 0 spiro atoms. The van der Waals surface area contributed by atoms with Gasteiger partial charge in [-0.3, -0.25) is 4.79 Å². The molecule has 5 rings (SSSR count). The number of benzene rings is 3. The number of sulfonamides is 1. The van der Waals surface area contributed by atoms with E-state index < -0.39 is 33.1 Å². The number of anilines is 1. The van der Waals surface area contributed by atoms with E-state index in [2.05, 4.69) is 20.0 Å². The lowest BCUT2D eigenvalue weighted by atomic mass is 9.84. The number of carbonyl (C=O) groups excluding carboxylic acids is 1. The van der Waals surface area contributed by atoms with E-state index in [0.29, 0.717) is 16.8 Å². The normalized spacial score (nSPS) is 16.9. The molecule has 12 heteroatoms. The molecule has 8 nitrogen and oxygen atoms in total. The Balaban J connectivity index is 1.64. The highest BCUT2D eigenvalue weighted by Gasteiger charge is 2.43. The van der Waals surface area contributed by atoms with Gasteiger partial charge in [0.1, 0.15) is 6.10 Å². The smallest absolute Gasteiger partial charge is 0.267 e. The van der Waals surface area contributed by atoms with Crippen LogP contribution in [0.25, 0.3) is 11.3 Å². The number of nitrogens with zero attached hydrogens (tertiary/aromatic N) is 2. The van der Waals surface area contributed by atoms with Crippen molar-refractivity contribution in [2.75, 3.05) is 11.3 Å². The Hall–Kier alpha value is -3.95. The Morgan fingerprint density at radius 3 is 2.26 bits per heavy atom. The standard InChI is InChI=1S/C31H31F2N4O4PS/c1-18-7-5-8-19(2)27(18)24-16-26-36-29(35-24)37-43(39,40)23-10-6-9-21(15-23)28(38)34-17-25(41-26)20-11-13-22(14-12-20)30(3,4)31(32,33)42/h5-16,25H,17,42H2,1-4H3,(H,34,38)(H,35,36,37). The van der Waals surface area contributed by atoms with Crippen molar-refractivity contribution in [2.45, 2.75) is 49.8 Å². The molecule has 0 aliphatic carbocycles. The molecule has 2 heterocycles. The van der Waals surface area contributed by atoms with Gasteiger partial charge in [0, 0.05) is 17.2 Å². The molecule has 4 aromatic rings. The average molecular weight is 625 g/mol. The van der Waals surface area contributed by atoms with Gasteiger partial charge in [0.2, 0.25) is 11.8 Å². The second-order valence-electron chi connectivity index (χ2n) is 11.0. The number of fused-ring (bicyclic) bond motifs is 4. The van der Waals surface area contributed by atoms with Crippen LogP contribution in [-0.2, 0) is 15.4 Å². The second-order valence-corrected chi connectivity index (χ2v) is 13.4. The molecule has 0 saturated carbocycles. The van der Waals surface area contributed by atoms with Gasteiger partial charge in [-0.2, -0.15) is 4.98 Å². The number of hydrogen-bond donors (Lipinski definition) is 2. The van der Waals surface area contributed by atoms with Crippen molar-refractivity contribution >= 4 is 31.1 Å². The predicted octanol–water partition coefficient (Wildman–Crippen LogP) is 6.17. The lowest BCUT2D eigenvalue weighted by Crippen LogP contribution is -2.35. The summed E-state index contributed by atoms with van der Waals surface area (Å²) in [6, 6.07) is 19.5. The van der Waals surface area contributed by atoms with Crippen molar-refractivity contribution in [1.82, 2.24) is 15.3 Å². The zero-order valence-corrected chi connectivity index (χ0v) is 26.0. The number of carbonyl (C=O) groups is 1. The number of ether oxygens (including phenoxy) is 1. The van der Waals surface area contributed by atoms with Crippen LogP contribution < -0.4 is 14.8 Å². The molecule has 1 aliphatic heterocycles. The lowest BCUT2D eigenvalue weighted by Gasteiger charge is -2.32. The number of hydrogen-bond acceptors (Lipinski definition) is 6. The summed E-state index contributed by atoms with van der Waals surface area (Å²) in [5.74, 6) is -0.673. The molecule has 43 heavy (non-hydrogen) atoms. The minimum atomic E-state index is -4.17. The van der Waals surface area contributed by atoms with Crippen molar-refractivity contribution in [3.05, 3.63) is 101 Å². The van der Waals surface area contributed by atoms with Crippen LogP contribution in [0.15, 0.2) is 77.7 Å². The molecule has 1 aromatic heterocycles. The molecule has 2 N–H and O–H groups in total. The first-order valence-electron chi connectivity index (χ1n) is 13.5. The summed E-state index contributed by atoms with van der Waals surface area (Å²) in [4.78, 5) is 21.8. The predicted molar refractivity (Wildman–Crippen MR) is 164 cm³/mol. The average Bonchev–Trinajstić information content (AvgIpc) is 2.94. The molecule has 2 unspecified atom stereocenters. The molecular formula is C31H31F2N4O4PS. The molecule has 3 aromatic carbocycles. The molecule has 4 bridgehead atoms. The van der Waals surface area contributed by atoms with Crippen LogP contribution in [0.1, 0.15) is 52.6 Å². The molecular weight excluding hydrogens is 593 g/mol. The van der Waals surface area contributed by atoms with E-state index >= 15 is 0 Å². The number of rotatable bonds is 4. The maximum atomic E-state index is 14.3. The van der Waals surface area contributed by atoms with Gasteiger partial charge in [0.05, 0.1) is 22.5 Å². The maximum Gasteiger partial charge on any atom is 0.267 e. The molecule has 0 radical (unpaired) electrons. The van der Waals surface area contributed by atoms with E-state index in [9.17, 15) is 22.0 Å². The maximum absolute atomic E-state index is 14.3. The van der Waals surface area contributed by atoms with Gasteiger partial charge < -0.3 is 10.1 Å². The van der Waals surface area contributed by atoms with Crippen LogP contribution in [0.2, 0.25) is 0 Å².